The van der Waals surface area contributed by atoms with E-state index in [0.717, 1.165) is 5.56 Å². The third-order valence-corrected chi connectivity index (χ3v) is 4.10. The lowest BCUT2D eigenvalue weighted by atomic mass is 10.2. The van der Waals surface area contributed by atoms with E-state index in [0.29, 0.717) is 38.5 Å². The van der Waals surface area contributed by atoms with Crippen LogP contribution in [0.25, 0.3) is 0 Å². The van der Waals surface area contributed by atoms with Crippen LogP contribution in [0.3, 0.4) is 0 Å². The standard InChI is InChI=1S/C21H26N2O4/c1-26-15-13-22(14-16-27-2)20(24)21(25)23(19-11-7-4-8-12-19)17-18-9-5-3-6-10-18/h3-12H,13-17H2,1-2H3. The van der Waals surface area contributed by atoms with Gasteiger partial charge < -0.3 is 14.4 Å². The fourth-order valence-electron chi connectivity index (χ4n) is 2.62. The Labute approximate surface area is 160 Å². The van der Waals surface area contributed by atoms with Gasteiger partial charge >= 0.3 is 11.8 Å². The maximum absolute atomic E-state index is 13.1. The molecule has 0 atom stereocenters. The predicted octanol–water partition coefficient (Wildman–Crippen LogP) is 2.34. The summed E-state index contributed by atoms with van der Waals surface area (Å²) >= 11 is 0. The molecule has 0 spiro atoms. The molecule has 6 heteroatoms. The lowest BCUT2D eigenvalue weighted by molar-refractivity contribution is -0.145. The molecule has 0 aliphatic carbocycles. The van der Waals surface area contributed by atoms with E-state index in [-0.39, 0.29) is 0 Å². The Balaban J connectivity index is 2.24. The quantitative estimate of drug-likeness (QED) is 0.636. The van der Waals surface area contributed by atoms with Gasteiger partial charge in [-0.15, -0.1) is 0 Å². The number of anilines is 1. The second-order valence-corrected chi connectivity index (χ2v) is 5.99. The molecular formula is C21H26N2O4. The molecule has 0 radical (unpaired) electrons. The molecule has 0 saturated carbocycles. The highest BCUT2D eigenvalue weighted by Crippen LogP contribution is 2.18. The maximum atomic E-state index is 13.1. The third-order valence-electron chi connectivity index (χ3n) is 4.10. The minimum Gasteiger partial charge on any atom is -0.383 e. The summed E-state index contributed by atoms with van der Waals surface area (Å²) in [5.41, 5.74) is 1.63. The van der Waals surface area contributed by atoms with Crippen LogP contribution in [0.1, 0.15) is 5.56 Å². The molecule has 0 unspecified atom stereocenters. The van der Waals surface area contributed by atoms with E-state index in [1.54, 1.807) is 14.2 Å². The van der Waals surface area contributed by atoms with Crippen molar-refractivity contribution in [1.82, 2.24) is 4.90 Å². The van der Waals surface area contributed by atoms with Gasteiger partial charge in [-0.25, -0.2) is 0 Å². The number of hydrogen-bond donors (Lipinski definition) is 0. The van der Waals surface area contributed by atoms with E-state index >= 15 is 0 Å². The number of hydrogen-bond acceptors (Lipinski definition) is 4. The molecule has 0 fully saturated rings. The SMILES string of the molecule is COCCN(CCOC)C(=O)C(=O)N(Cc1ccccc1)c1ccccc1. The number of nitrogens with zero attached hydrogens (tertiary/aromatic N) is 2. The lowest BCUT2D eigenvalue weighted by Crippen LogP contribution is -2.47. The van der Waals surface area contributed by atoms with Gasteiger partial charge in [0.05, 0.1) is 19.8 Å². The summed E-state index contributed by atoms with van der Waals surface area (Å²) in [7, 11) is 3.12. The van der Waals surface area contributed by atoms with Crippen LogP contribution in [0, 0.1) is 0 Å². The first-order chi connectivity index (χ1) is 13.2. The Morgan fingerprint density at radius 1 is 0.778 bits per heavy atom. The Hall–Kier alpha value is -2.70. The van der Waals surface area contributed by atoms with Gasteiger partial charge in [-0.3, -0.25) is 14.5 Å². The lowest BCUT2D eigenvalue weighted by Gasteiger charge is -2.27. The zero-order valence-electron chi connectivity index (χ0n) is 15.8. The summed E-state index contributed by atoms with van der Waals surface area (Å²) in [5.74, 6) is -1.14. The summed E-state index contributed by atoms with van der Waals surface area (Å²) in [6, 6.07) is 18.8. The van der Waals surface area contributed by atoms with Crippen molar-refractivity contribution in [3.05, 3.63) is 66.2 Å². The van der Waals surface area contributed by atoms with Crippen LogP contribution >= 0.6 is 0 Å². The van der Waals surface area contributed by atoms with Gasteiger partial charge in [0.25, 0.3) is 0 Å². The monoisotopic (exact) mass is 370 g/mol. The van der Waals surface area contributed by atoms with E-state index in [4.69, 9.17) is 9.47 Å². The van der Waals surface area contributed by atoms with Crippen molar-refractivity contribution in [1.29, 1.82) is 0 Å². The smallest absolute Gasteiger partial charge is 0.316 e. The van der Waals surface area contributed by atoms with Gasteiger partial charge in [-0.2, -0.15) is 0 Å². The van der Waals surface area contributed by atoms with Crippen molar-refractivity contribution in [3.63, 3.8) is 0 Å². The number of amides is 2. The molecule has 0 heterocycles. The number of ether oxygens (including phenoxy) is 2. The normalized spacial score (nSPS) is 10.4. The fourth-order valence-corrected chi connectivity index (χ4v) is 2.62. The summed E-state index contributed by atoms with van der Waals surface area (Å²) in [4.78, 5) is 28.9. The second kappa shape index (κ2) is 11.1. The molecule has 0 bridgehead atoms. The number of carbonyl (C=O) groups is 2. The van der Waals surface area contributed by atoms with E-state index in [9.17, 15) is 9.59 Å². The first-order valence-corrected chi connectivity index (χ1v) is 8.85. The van der Waals surface area contributed by atoms with Crippen LogP contribution in [-0.2, 0) is 25.6 Å². The molecule has 0 aromatic heterocycles. The first kappa shape index (κ1) is 20.6. The number of benzene rings is 2. The van der Waals surface area contributed by atoms with Gasteiger partial charge in [-0.05, 0) is 17.7 Å². The number of carbonyl (C=O) groups excluding carboxylic acids is 2. The fraction of sp³-hybridized carbons (Fsp3) is 0.333. The molecule has 27 heavy (non-hydrogen) atoms. The Morgan fingerprint density at radius 2 is 1.30 bits per heavy atom. The summed E-state index contributed by atoms with van der Waals surface area (Å²) in [5, 5.41) is 0. The Morgan fingerprint density at radius 3 is 1.81 bits per heavy atom. The Bertz CT molecular complexity index is 699. The van der Waals surface area contributed by atoms with Crippen molar-refractivity contribution in [2.75, 3.05) is 45.4 Å². The van der Waals surface area contributed by atoms with E-state index in [1.807, 2.05) is 60.7 Å². The molecule has 2 aromatic carbocycles. The van der Waals surface area contributed by atoms with Crippen LogP contribution in [0.4, 0.5) is 5.69 Å². The third kappa shape index (κ3) is 6.20. The highest BCUT2D eigenvalue weighted by molar-refractivity contribution is 6.40. The van der Waals surface area contributed by atoms with Crippen molar-refractivity contribution >= 4 is 17.5 Å². The van der Waals surface area contributed by atoms with Crippen LogP contribution in [0.5, 0.6) is 0 Å². The van der Waals surface area contributed by atoms with Gasteiger partial charge in [-0.1, -0.05) is 48.5 Å². The van der Waals surface area contributed by atoms with Crippen molar-refractivity contribution in [2.45, 2.75) is 6.54 Å². The molecule has 2 aromatic rings. The molecule has 2 amide bonds. The second-order valence-electron chi connectivity index (χ2n) is 5.99. The van der Waals surface area contributed by atoms with Gasteiger partial charge in [0.15, 0.2) is 0 Å². The van der Waals surface area contributed by atoms with Gasteiger partial charge in [0.1, 0.15) is 0 Å². The van der Waals surface area contributed by atoms with Gasteiger partial charge in [0, 0.05) is 33.0 Å². The molecule has 0 saturated heterocycles. The maximum Gasteiger partial charge on any atom is 0.316 e. The molecular weight excluding hydrogens is 344 g/mol. The topological polar surface area (TPSA) is 59.1 Å². The van der Waals surface area contributed by atoms with E-state index in [1.165, 1.54) is 9.80 Å². The number of rotatable bonds is 9. The minimum atomic E-state index is -0.572. The molecule has 0 aliphatic rings. The van der Waals surface area contributed by atoms with Crippen molar-refractivity contribution in [3.8, 4) is 0 Å². The molecule has 0 aliphatic heterocycles. The van der Waals surface area contributed by atoms with E-state index < -0.39 is 11.8 Å². The van der Waals surface area contributed by atoms with Crippen LogP contribution < -0.4 is 4.90 Å². The summed E-state index contributed by atoms with van der Waals surface area (Å²) < 4.78 is 10.1. The molecule has 144 valence electrons. The highest BCUT2D eigenvalue weighted by Gasteiger charge is 2.28. The molecule has 0 N–H and O–H groups in total. The summed E-state index contributed by atoms with van der Waals surface area (Å²) in [6.07, 6.45) is 0. The predicted molar refractivity (Wildman–Crippen MR) is 104 cm³/mol. The van der Waals surface area contributed by atoms with E-state index in [2.05, 4.69) is 0 Å². The van der Waals surface area contributed by atoms with Crippen LogP contribution in [0.2, 0.25) is 0 Å². The largest absolute Gasteiger partial charge is 0.383 e. The zero-order valence-corrected chi connectivity index (χ0v) is 15.8. The summed E-state index contributed by atoms with van der Waals surface area (Å²) in [6.45, 7) is 1.69. The minimum absolute atomic E-state index is 0.317. The first-order valence-electron chi connectivity index (χ1n) is 8.85. The van der Waals surface area contributed by atoms with Crippen molar-refractivity contribution < 1.29 is 19.1 Å². The zero-order chi connectivity index (χ0) is 19.5. The number of methoxy groups -OCH3 is 2. The average molecular weight is 370 g/mol. The van der Waals surface area contributed by atoms with Crippen molar-refractivity contribution in [2.24, 2.45) is 0 Å². The van der Waals surface area contributed by atoms with Gasteiger partial charge in [0.2, 0.25) is 0 Å². The van der Waals surface area contributed by atoms with Crippen LogP contribution in [0.15, 0.2) is 60.7 Å². The number of para-hydroxylation sites is 1. The van der Waals surface area contributed by atoms with Crippen LogP contribution in [-0.4, -0.2) is 57.2 Å². The highest BCUT2D eigenvalue weighted by atomic mass is 16.5. The average Bonchev–Trinajstić information content (AvgIpc) is 2.72. The molecule has 6 nitrogen and oxygen atoms in total. The molecule has 2 rings (SSSR count). The Kier molecular flexibility index (Phi) is 8.48.